The molecule has 0 aromatic carbocycles. The van der Waals surface area contributed by atoms with E-state index < -0.39 is 0 Å². The highest BCUT2D eigenvalue weighted by Crippen LogP contribution is 2.15. The Hall–Kier alpha value is -1.16. The van der Waals surface area contributed by atoms with Gasteiger partial charge >= 0.3 is 6.01 Å². The largest absolute Gasteiger partial charge is 0.463 e. The van der Waals surface area contributed by atoms with E-state index in [2.05, 4.69) is 15.3 Å². The summed E-state index contributed by atoms with van der Waals surface area (Å²) in [4.78, 5) is 8.29. The maximum absolute atomic E-state index is 5.54. The average molecular weight is 235 g/mol. The molecular weight excluding hydrogens is 214 g/mol. The number of aryl methyl sites for hydroxylation is 1. The molecule has 0 spiro atoms. The van der Waals surface area contributed by atoms with Gasteiger partial charge in [-0.25, -0.2) is 9.97 Å². The second kappa shape index (κ2) is 6.55. The van der Waals surface area contributed by atoms with Crippen molar-refractivity contribution in [2.75, 3.05) is 19.7 Å². The van der Waals surface area contributed by atoms with Crippen LogP contribution in [0.5, 0.6) is 6.01 Å². The number of hydrogen-bond donors (Lipinski definition) is 1. The first-order chi connectivity index (χ1) is 8.34. The van der Waals surface area contributed by atoms with Crippen LogP contribution in [0.4, 0.5) is 0 Å². The Balaban J connectivity index is 1.62. The first kappa shape index (κ1) is 12.3. The molecule has 1 atom stereocenters. The topological polar surface area (TPSA) is 47.0 Å². The van der Waals surface area contributed by atoms with Crippen LogP contribution in [-0.4, -0.2) is 29.7 Å². The molecule has 4 nitrogen and oxygen atoms in total. The predicted molar refractivity (Wildman–Crippen MR) is 67.1 cm³/mol. The molecular formula is C13H21N3O. The van der Waals surface area contributed by atoms with Crippen molar-refractivity contribution in [2.24, 2.45) is 5.92 Å². The lowest BCUT2D eigenvalue weighted by atomic mass is 9.95. The highest BCUT2D eigenvalue weighted by molar-refractivity contribution is 5.02. The molecule has 0 radical (unpaired) electrons. The number of rotatable bonds is 5. The van der Waals surface area contributed by atoms with Crippen molar-refractivity contribution in [3.63, 3.8) is 0 Å². The average Bonchev–Trinajstić information content (AvgIpc) is 2.36. The Bertz CT molecular complexity index is 337. The first-order valence-electron chi connectivity index (χ1n) is 6.48. The molecule has 4 heteroatoms. The van der Waals surface area contributed by atoms with Gasteiger partial charge in [-0.05, 0) is 57.7 Å². The number of piperidine rings is 1. The van der Waals surface area contributed by atoms with Gasteiger partial charge in [-0.3, -0.25) is 0 Å². The second-order valence-electron chi connectivity index (χ2n) is 4.68. The van der Waals surface area contributed by atoms with Crippen LogP contribution in [0.25, 0.3) is 0 Å². The minimum absolute atomic E-state index is 0.506. The van der Waals surface area contributed by atoms with E-state index in [1.54, 1.807) is 6.20 Å². The Morgan fingerprint density at radius 3 is 3.24 bits per heavy atom. The van der Waals surface area contributed by atoms with Gasteiger partial charge in [-0.2, -0.15) is 0 Å². The van der Waals surface area contributed by atoms with Crippen LogP contribution in [0.15, 0.2) is 12.3 Å². The van der Waals surface area contributed by atoms with Gasteiger partial charge in [0.05, 0.1) is 6.61 Å². The summed E-state index contributed by atoms with van der Waals surface area (Å²) in [5.41, 5.74) is 0.950. The molecule has 94 valence electrons. The lowest BCUT2D eigenvalue weighted by molar-refractivity contribution is 0.259. The summed E-state index contributed by atoms with van der Waals surface area (Å²) in [6.07, 6.45) is 6.73. The van der Waals surface area contributed by atoms with E-state index in [1.165, 1.54) is 32.4 Å². The van der Waals surface area contributed by atoms with Crippen LogP contribution in [0.3, 0.4) is 0 Å². The fourth-order valence-corrected chi connectivity index (χ4v) is 2.20. The Morgan fingerprint density at radius 2 is 2.47 bits per heavy atom. The van der Waals surface area contributed by atoms with Crippen molar-refractivity contribution >= 4 is 0 Å². The predicted octanol–water partition coefficient (Wildman–Crippen LogP) is 1.94. The zero-order valence-electron chi connectivity index (χ0n) is 10.5. The van der Waals surface area contributed by atoms with E-state index in [1.807, 2.05) is 13.0 Å². The number of nitrogens with zero attached hydrogens (tertiary/aromatic N) is 2. The molecule has 0 bridgehead atoms. The molecule has 0 saturated carbocycles. The monoisotopic (exact) mass is 235 g/mol. The van der Waals surface area contributed by atoms with E-state index in [-0.39, 0.29) is 0 Å². The molecule has 1 saturated heterocycles. The number of aromatic nitrogens is 2. The summed E-state index contributed by atoms with van der Waals surface area (Å²) < 4.78 is 5.54. The van der Waals surface area contributed by atoms with Crippen LogP contribution in [0, 0.1) is 12.8 Å². The molecule has 1 unspecified atom stereocenters. The maximum Gasteiger partial charge on any atom is 0.316 e. The van der Waals surface area contributed by atoms with Crippen LogP contribution in [0.2, 0.25) is 0 Å². The standard InChI is InChI=1S/C13H21N3O/c1-11-6-8-15-13(16-11)17-9-3-5-12-4-2-7-14-10-12/h6,8,12,14H,2-5,7,9-10H2,1H3. The third-order valence-corrected chi connectivity index (χ3v) is 3.16. The van der Waals surface area contributed by atoms with E-state index >= 15 is 0 Å². The summed E-state index contributed by atoms with van der Waals surface area (Å²) in [6, 6.07) is 2.38. The summed E-state index contributed by atoms with van der Waals surface area (Å²) >= 11 is 0. The van der Waals surface area contributed by atoms with Gasteiger partial charge in [0.2, 0.25) is 0 Å². The van der Waals surface area contributed by atoms with Crippen molar-refractivity contribution in [3.05, 3.63) is 18.0 Å². The van der Waals surface area contributed by atoms with Crippen molar-refractivity contribution in [1.82, 2.24) is 15.3 Å². The van der Waals surface area contributed by atoms with Crippen molar-refractivity contribution in [2.45, 2.75) is 32.6 Å². The Labute approximate surface area is 103 Å². The minimum Gasteiger partial charge on any atom is -0.463 e. The molecule has 0 aliphatic carbocycles. The van der Waals surface area contributed by atoms with E-state index in [4.69, 9.17) is 4.74 Å². The van der Waals surface area contributed by atoms with Gasteiger partial charge in [-0.1, -0.05) is 0 Å². The quantitative estimate of drug-likeness (QED) is 0.792. The van der Waals surface area contributed by atoms with Crippen LogP contribution in [0.1, 0.15) is 31.4 Å². The third-order valence-electron chi connectivity index (χ3n) is 3.16. The van der Waals surface area contributed by atoms with Gasteiger partial charge in [0.1, 0.15) is 0 Å². The molecule has 0 amide bonds. The zero-order valence-corrected chi connectivity index (χ0v) is 10.5. The molecule has 2 rings (SSSR count). The van der Waals surface area contributed by atoms with Gasteiger partial charge in [0.15, 0.2) is 0 Å². The Kier molecular flexibility index (Phi) is 4.74. The molecule has 17 heavy (non-hydrogen) atoms. The summed E-state index contributed by atoms with van der Waals surface area (Å²) in [7, 11) is 0. The fraction of sp³-hybridized carbons (Fsp3) is 0.692. The van der Waals surface area contributed by atoms with Gasteiger partial charge < -0.3 is 10.1 Å². The lowest BCUT2D eigenvalue weighted by Crippen LogP contribution is -2.29. The van der Waals surface area contributed by atoms with Gasteiger partial charge in [0.25, 0.3) is 0 Å². The number of nitrogens with one attached hydrogen (secondary N) is 1. The second-order valence-corrected chi connectivity index (χ2v) is 4.68. The van der Waals surface area contributed by atoms with Crippen LogP contribution < -0.4 is 10.1 Å². The van der Waals surface area contributed by atoms with Crippen LogP contribution >= 0.6 is 0 Å². The summed E-state index contributed by atoms with van der Waals surface area (Å²) in [5, 5.41) is 3.44. The fourth-order valence-electron chi connectivity index (χ4n) is 2.20. The highest BCUT2D eigenvalue weighted by Gasteiger charge is 2.12. The van der Waals surface area contributed by atoms with Crippen LogP contribution in [-0.2, 0) is 0 Å². The lowest BCUT2D eigenvalue weighted by Gasteiger charge is -2.22. The third kappa shape index (κ3) is 4.30. The SMILES string of the molecule is Cc1ccnc(OCCCC2CCCNC2)n1. The normalized spacial score (nSPS) is 20.2. The summed E-state index contributed by atoms with van der Waals surface area (Å²) in [5.74, 6) is 0.825. The molecule has 1 fully saturated rings. The van der Waals surface area contributed by atoms with Crippen molar-refractivity contribution in [3.8, 4) is 6.01 Å². The molecule has 1 aromatic rings. The molecule has 1 aliphatic rings. The first-order valence-corrected chi connectivity index (χ1v) is 6.48. The number of ether oxygens (including phenoxy) is 1. The van der Waals surface area contributed by atoms with E-state index in [9.17, 15) is 0 Å². The smallest absolute Gasteiger partial charge is 0.316 e. The van der Waals surface area contributed by atoms with Crippen molar-refractivity contribution in [1.29, 1.82) is 0 Å². The van der Waals surface area contributed by atoms with Crippen molar-refractivity contribution < 1.29 is 4.74 Å². The van der Waals surface area contributed by atoms with Gasteiger partial charge in [-0.15, -0.1) is 0 Å². The molecule has 1 aliphatic heterocycles. The maximum atomic E-state index is 5.54. The highest BCUT2D eigenvalue weighted by atomic mass is 16.5. The summed E-state index contributed by atoms with van der Waals surface area (Å²) in [6.45, 7) is 5.02. The Morgan fingerprint density at radius 1 is 1.53 bits per heavy atom. The van der Waals surface area contributed by atoms with E-state index in [0.717, 1.165) is 24.6 Å². The van der Waals surface area contributed by atoms with Gasteiger partial charge in [0, 0.05) is 11.9 Å². The zero-order chi connectivity index (χ0) is 11.9. The molecule has 1 N–H and O–H groups in total. The molecule has 2 heterocycles. The molecule has 1 aromatic heterocycles. The minimum atomic E-state index is 0.506. The number of hydrogen-bond acceptors (Lipinski definition) is 4. The van der Waals surface area contributed by atoms with E-state index in [0.29, 0.717) is 6.01 Å².